The van der Waals surface area contributed by atoms with E-state index in [0.717, 1.165) is 25.0 Å². The number of rotatable bonds is 4. The van der Waals surface area contributed by atoms with Crippen LogP contribution >= 0.6 is 12.4 Å². The zero-order valence-corrected chi connectivity index (χ0v) is 16.5. The second kappa shape index (κ2) is 7.26. The number of benzene rings is 1. The van der Waals surface area contributed by atoms with E-state index in [9.17, 15) is 4.79 Å². The molecule has 2 aliphatic rings. The Morgan fingerprint density at radius 3 is 2.85 bits per heavy atom. The van der Waals surface area contributed by atoms with Crippen molar-refractivity contribution in [2.75, 3.05) is 11.9 Å². The summed E-state index contributed by atoms with van der Waals surface area (Å²) in [6.07, 6.45) is 5.47. The van der Waals surface area contributed by atoms with Crippen molar-refractivity contribution in [2.45, 2.75) is 44.9 Å². The standard InChI is InChI=1S/C20H26N4O2.ClH/c1-19(2)17-16(9-6-10-26-17)20(19,21)18(25)23-15-11-22-24(13-15)12-14-7-4-3-5-8-14;/h3-5,7-8,11,13,16-17H,6,9-10,12,21H2,1-2H3,(H,23,25);1H. The number of carbonyl (C=O) groups is 1. The first-order chi connectivity index (χ1) is 12.4. The van der Waals surface area contributed by atoms with Gasteiger partial charge in [-0.1, -0.05) is 44.2 Å². The molecule has 0 bridgehead atoms. The number of amides is 1. The molecule has 1 saturated carbocycles. The first-order valence-corrected chi connectivity index (χ1v) is 9.21. The van der Waals surface area contributed by atoms with Crippen molar-refractivity contribution in [1.29, 1.82) is 0 Å². The molecule has 1 aliphatic heterocycles. The number of nitrogens with two attached hydrogens (primary N) is 1. The quantitative estimate of drug-likeness (QED) is 0.840. The molecule has 2 aromatic rings. The van der Waals surface area contributed by atoms with E-state index in [2.05, 4.69) is 22.5 Å². The second-order valence-electron chi connectivity index (χ2n) is 8.00. The normalized spacial score (nSPS) is 28.4. The molecule has 4 rings (SSSR count). The Labute approximate surface area is 165 Å². The monoisotopic (exact) mass is 390 g/mol. The molecule has 3 atom stereocenters. The molecule has 3 N–H and O–H groups in total. The van der Waals surface area contributed by atoms with Crippen molar-refractivity contribution in [2.24, 2.45) is 17.1 Å². The SMILES string of the molecule is CC1(C)C2OCCCC2C1(N)C(=O)Nc1cnn(Cc2ccccc2)c1.Cl. The van der Waals surface area contributed by atoms with Crippen LogP contribution in [0.25, 0.3) is 0 Å². The molecule has 146 valence electrons. The number of hydrogen-bond acceptors (Lipinski definition) is 4. The molecule has 3 unspecified atom stereocenters. The predicted molar refractivity (Wildman–Crippen MR) is 107 cm³/mol. The lowest BCUT2D eigenvalue weighted by molar-refractivity contribution is -0.222. The third kappa shape index (κ3) is 3.16. The van der Waals surface area contributed by atoms with E-state index in [1.165, 1.54) is 0 Å². The Hall–Kier alpha value is -1.89. The molecule has 7 heteroatoms. The Bertz CT molecular complexity index is 807. The lowest BCUT2D eigenvalue weighted by Crippen LogP contribution is -2.81. The highest BCUT2D eigenvalue weighted by Gasteiger charge is 2.70. The number of nitrogens with zero attached hydrogens (tertiary/aromatic N) is 2. The van der Waals surface area contributed by atoms with Gasteiger partial charge in [-0.15, -0.1) is 12.4 Å². The van der Waals surface area contributed by atoms with Gasteiger partial charge in [0, 0.05) is 24.1 Å². The molecule has 1 saturated heterocycles. The van der Waals surface area contributed by atoms with Crippen molar-refractivity contribution < 1.29 is 9.53 Å². The molecular weight excluding hydrogens is 364 g/mol. The summed E-state index contributed by atoms with van der Waals surface area (Å²) >= 11 is 0. The summed E-state index contributed by atoms with van der Waals surface area (Å²) < 4.78 is 7.69. The number of hydrogen-bond donors (Lipinski definition) is 2. The van der Waals surface area contributed by atoms with Crippen LogP contribution < -0.4 is 11.1 Å². The molecule has 2 heterocycles. The number of nitrogens with one attached hydrogen (secondary N) is 1. The number of aromatic nitrogens is 2. The lowest BCUT2D eigenvalue weighted by Gasteiger charge is -2.65. The van der Waals surface area contributed by atoms with Crippen LogP contribution in [-0.2, 0) is 16.1 Å². The van der Waals surface area contributed by atoms with Crippen molar-refractivity contribution in [3.63, 3.8) is 0 Å². The van der Waals surface area contributed by atoms with Gasteiger partial charge in [-0.25, -0.2) is 0 Å². The molecule has 0 radical (unpaired) electrons. The molecule has 0 spiro atoms. The molecule has 1 aromatic heterocycles. The topological polar surface area (TPSA) is 82.2 Å². The fourth-order valence-electron chi connectivity index (χ4n) is 4.56. The van der Waals surface area contributed by atoms with Gasteiger partial charge in [-0.3, -0.25) is 9.48 Å². The molecule has 1 amide bonds. The van der Waals surface area contributed by atoms with Gasteiger partial charge in [-0.2, -0.15) is 5.10 Å². The third-order valence-electron chi connectivity index (χ3n) is 6.14. The first kappa shape index (κ1) is 19.9. The Morgan fingerprint density at radius 2 is 2.11 bits per heavy atom. The van der Waals surface area contributed by atoms with Crippen molar-refractivity contribution in [3.8, 4) is 0 Å². The highest BCUT2D eigenvalue weighted by molar-refractivity contribution is 6.00. The molecular formula is C20H27ClN4O2. The molecule has 27 heavy (non-hydrogen) atoms. The smallest absolute Gasteiger partial charge is 0.245 e. The van der Waals surface area contributed by atoms with Crippen LogP contribution in [0.2, 0.25) is 0 Å². The van der Waals surface area contributed by atoms with E-state index in [1.54, 1.807) is 6.20 Å². The zero-order chi connectivity index (χ0) is 18.4. The van der Waals surface area contributed by atoms with Crippen LogP contribution in [0.1, 0.15) is 32.3 Å². The number of fused-ring (bicyclic) bond motifs is 1. The van der Waals surface area contributed by atoms with E-state index < -0.39 is 5.54 Å². The fraction of sp³-hybridized carbons (Fsp3) is 0.500. The van der Waals surface area contributed by atoms with Gasteiger partial charge in [0.1, 0.15) is 5.54 Å². The maximum atomic E-state index is 13.0. The fourth-order valence-corrected chi connectivity index (χ4v) is 4.56. The van der Waals surface area contributed by atoms with Crippen molar-refractivity contribution >= 4 is 24.0 Å². The van der Waals surface area contributed by atoms with Gasteiger partial charge in [0.2, 0.25) is 5.91 Å². The van der Waals surface area contributed by atoms with Gasteiger partial charge in [0.15, 0.2) is 0 Å². The maximum Gasteiger partial charge on any atom is 0.245 e. The Morgan fingerprint density at radius 1 is 1.37 bits per heavy atom. The van der Waals surface area contributed by atoms with Crippen LogP contribution in [0.4, 0.5) is 5.69 Å². The zero-order valence-electron chi connectivity index (χ0n) is 15.7. The Kier molecular flexibility index (Phi) is 5.34. The van der Waals surface area contributed by atoms with Crippen LogP contribution in [0.15, 0.2) is 42.7 Å². The van der Waals surface area contributed by atoms with E-state index >= 15 is 0 Å². The van der Waals surface area contributed by atoms with Crippen LogP contribution in [0, 0.1) is 11.3 Å². The van der Waals surface area contributed by atoms with E-state index in [-0.39, 0.29) is 35.8 Å². The first-order valence-electron chi connectivity index (χ1n) is 9.21. The van der Waals surface area contributed by atoms with Gasteiger partial charge < -0.3 is 15.8 Å². The molecule has 2 fully saturated rings. The molecule has 1 aliphatic carbocycles. The number of anilines is 1. The minimum atomic E-state index is -0.917. The molecule has 1 aromatic carbocycles. The summed E-state index contributed by atoms with van der Waals surface area (Å²) in [6, 6.07) is 10.1. The minimum absolute atomic E-state index is 0. The summed E-state index contributed by atoms with van der Waals surface area (Å²) in [5, 5.41) is 7.32. The summed E-state index contributed by atoms with van der Waals surface area (Å²) in [5.74, 6) is -0.0703. The predicted octanol–water partition coefficient (Wildman–Crippen LogP) is 2.82. The second-order valence-corrected chi connectivity index (χ2v) is 8.00. The van der Waals surface area contributed by atoms with Gasteiger partial charge >= 0.3 is 0 Å². The average Bonchev–Trinajstić information content (AvgIpc) is 3.08. The third-order valence-corrected chi connectivity index (χ3v) is 6.14. The van der Waals surface area contributed by atoms with E-state index in [4.69, 9.17) is 10.5 Å². The van der Waals surface area contributed by atoms with E-state index in [1.807, 2.05) is 42.9 Å². The van der Waals surface area contributed by atoms with Gasteiger partial charge in [0.05, 0.1) is 24.5 Å². The highest BCUT2D eigenvalue weighted by atomic mass is 35.5. The summed E-state index contributed by atoms with van der Waals surface area (Å²) in [6.45, 7) is 5.47. The summed E-state index contributed by atoms with van der Waals surface area (Å²) in [7, 11) is 0. The van der Waals surface area contributed by atoms with E-state index in [0.29, 0.717) is 12.2 Å². The van der Waals surface area contributed by atoms with Crippen LogP contribution in [0.3, 0.4) is 0 Å². The average molecular weight is 391 g/mol. The van der Waals surface area contributed by atoms with Crippen LogP contribution in [0.5, 0.6) is 0 Å². The maximum absolute atomic E-state index is 13.0. The van der Waals surface area contributed by atoms with Crippen LogP contribution in [-0.4, -0.2) is 33.9 Å². The van der Waals surface area contributed by atoms with Crippen molar-refractivity contribution in [3.05, 3.63) is 48.3 Å². The van der Waals surface area contributed by atoms with Gasteiger partial charge in [0.25, 0.3) is 0 Å². The number of halogens is 1. The Balaban J connectivity index is 0.00000210. The highest BCUT2D eigenvalue weighted by Crippen LogP contribution is 2.57. The van der Waals surface area contributed by atoms with Crippen molar-refractivity contribution in [1.82, 2.24) is 9.78 Å². The minimum Gasteiger partial charge on any atom is -0.377 e. The lowest BCUT2D eigenvalue weighted by atomic mass is 9.46. The van der Waals surface area contributed by atoms with Gasteiger partial charge in [-0.05, 0) is 18.4 Å². The summed E-state index contributed by atoms with van der Waals surface area (Å²) in [5.41, 5.74) is 7.17. The number of ether oxygens (including phenoxy) is 1. The molecule has 6 nitrogen and oxygen atoms in total. The largest absolute Gasteiger partial charge is 0.377 e. The number of carbonyl (C=O) groups excluding carboxylic acids is 1. The summed E-state index contributed by atoms with van der Waals surface area (Å²) in [4.78, 5) is 13.0.